The smallest absolute Gasteiger partial charge is 0.264 e. The highest BCUT2D eigenvalue weighted by molar-refractivity contribution is 7.92. The molecule has 0 saturated heterocycles. The number of carbonyl (C=O) groups excluding carboxylic acids is 1. The number of halogens is 1. The van der Waals surface area contributed by atoms with E-state index in [0.717, 1.165) is 15.4 Å². The molecule has 0 heterocycles. The minimum absolute atomic E-state index is 0.0413. The minimum Gasteiger partial charge on any atom is -0.497 e. The number of hydrogen-bond donors (Lipinski definition) is 1. The molecule has 1 amide bonds. The predicted molar refractivity (Wildman–Crippen MR) is 122 cm³/mol. The first-order valence-electron chi connectivity index (χ1n) is 9.54. The zero-order valence-electron chi connectivity index (χ0n) is 17.2. The van der Waals surface area contributed by atoms with Gasteiger partial charge in [-0.2, -0.15) is 0 Å². The fourth-order valence-corrected chi connectivity index (χ4v) is 4.51. The van der Waals surface area contributed by atoms with Gasteiger partial charge < -0.3 is 10.1 Å². The summed E-state index contributed by atoms with van der Waals surface area (Å²) in [6.07, 6.45) is 0. The monoisotopic (exact) mass is 458 g/mol. The molecule has 1 N–H and O–H groups in total. The van der Waals surface area contributed by atoms with Crippen LogP contribution in [0.5, 0.6) is 5.75 Å². The van der Waals surface area contributed by atoms with Crippen LogP contribution in [0.2, 0.25) is 5.02 Å². The number of aryl methyl sites for hydroxylation is 1. The number of nitrogens with zero attached hydrogens (tertiary/aromatic N) is 1. The van der Waals surface area contributed by atoms with Crippen molar-refractivity contribution < 1.29 is 17.9 Å². The molecule has 0 fully saturated rings. The van der Waals surface area contributed by atoms with Crippen molar-refractivity contribution in [2.45, 2.75) is 18.4 Å². The third-order valence-corrected chi connectivity index (χ3v) is 6.66. The molecule has 0 bridgehead atoms. The molecule has 31 heavy (non-hydrogen) atoms. The van der Waals surface area contributed by atoms with Crippen molar-refractivity contribution in [1.82, 2.24) is 5.32 Å². The molecule has 0 aliphatic carbocycles. The number of rotatable bonds is 8. The summed E-state index contributed by atoms with van der Waals surface area (Å²) in [5.41, 5.74) is 2.34. The summed E-state index contributed by atoms with van der Waals surface area (Å²) < 4.78 is 32.9. The molecule has 0 aliphatic rings. The second-order valence-corrected chi connectivity index (χ2v) is 9.23. The van der Waals surface area contributed by atoms with Gasteiger partial charge in [-0.3, -0.25) is 9.10 Å². The van der Waals surface area contributed by atoms with Crippen molar-refractivity contribution in [3.8, 4) is 5.75 Å². The number of nitrogens with one attached hydrogen (secondary N) is 1. The van der Waals surface area contributed by atoms with E-state index in [4.69, 9.17) is 16.3 Å². The zero-order valence-corrected chi connectivity index (χ0v) is 18.8. The molecule has 0 spiro atoms. The molecule has 3 rings (SSSR count). The Bertz CT molecular complexity index is 1150. The van der Waals surface area contributed by atoms with E-state index in [-0.39, 0.29) is 11.4 Å². The lowest BCUT2D eigenvalue weighted by molar-refractivity contribution is -0.119. The first kappa shape index (κ1) is 22.7. The van der Waals surface area contributed by atoms with Gasteiger partial charge in [0.15, 0.2) is 0 Å². The Kier molecular flexibility index (Phi) is 7.20. The number of ether oxygens (including phenoxy) is 1. The van der Waals surface area contributed by atoms with Gasteiger partial charge in [-0.05, 0) is 55.0 Å². The SMILES string of the molecule is COc1ccc(S(=O)(=O)N(CC(=O)NCc2ccc(C)cc2)c2cccc(Cl)c2)cc1. The molecular formula is C23H23ClN2O4S. The number of anilines is 1. The Hall–Kier alpha value is -3.03. The lowest BCUT2D eigenvalue weighted by atomic mass is 10.1. The van der Waals surface area contributed by atoms with Crippen LogP contribution in [-0.4, -0.2) is 28.0 Å². The van der Waals surface area contributed by atoms with Gasteiger partial charge in [0.05, 0.1) is 17.7 Å². The molecule has 3 aromatic carbocycles. The van der Waals surface area contributed by atoms with Crippen LogP contribution < -0.4 is 14.4 Å². The normalized spacial score (nSPS) is 11.1. The standard InChI is InChI=1S/C23H23ClN2O4S/c1-17-6-8-18(9-7-17)15-25-23(27)16-26(20-5-3-4-19(24)14-20)31(28,29)22-12-10-21(30-2)11-13-22/h3-14H,15-16H2,1-2H3,(H,25,27). The summed E-state index contributed by atoms with van der Waals surface area (Å²) in [5.74, 6) is 0.0988. The minimum atomic E-state index is -4.02. The van der Waals surface area contributed by atoms with Gasteiger partial charge >= 0.3 is 0 Å². The highest BCUT2D eigenvalue weighted by atomic mass is 35.5. The van der Waals surface area contributed by atoms with Crippen LogP contribution in [-0.2, 0) is 21.4 Å². The van der Waals surface area contributed by atoms with E-state index in [9.17, 15) is 13.2 Å². The van der Waals surface area contributed by atoms with Gasteiger partial charge in [0, 0.05) is 11.6 Å². The maximum atomic E-state index is 13.4. The van der Waals surface area contributed by atoms with E-state index >= 15 is 0 Å². The number of sulfonamides is 1. The summed E-state index contributed by atoms with van der Waals surface area (Å²) in [7, 11) is -2.52. The van der Waals surface area contributed by atoms with Crippen LogP contribution in [0.3, 0.4) is 0 Å². The van der Waals surface area contributed by atoms with Gasteiger partial charge in [0.25, 0.3) is 10.0 Å². The summed E-state index contributed by atoms with van der Waals surface area (Å²) in [6.45, 7) is 1.89. The van der Waals surface area contributed by atoms with Gasteiger partial charge in [0.2, 0.25) is 5.91 Å². The second kappa shape index (κ2) is 9.85. The van der Waals surface area contributed by atoms with Crippen molar-refractivity contribution in [2.75, 3.05) is 18.0 Å². The summed E-state index contributed by atoms with van der Waals surface area (Å²) in [5, 5.41) is 3.15. The van der Waals surface area contributed by atoms with Crippen molar-refractivity contribution in [3.05, 3.63) is 88.9 Å². The van der Waals surface area contributed by atoms with Gasteiger partial charge in [-0.15, -0.1) is 0 Å². The molecule has 0 aliphatic heterocycles. The maximum absolute atomic E-state index is 13.4. The molecule has 0 saturated carbocycles. The van der Waals surface area contributed by atoms with Crippen LogP contribution >= 0.6 is 11.6 Å². The van der Waals surface area contributed by atoms with E-state index in [1.54, 1.807) is 30.3 Å². The van der Waals surface area contributed by atoms with E-state index in [1.165, 1.54) is 25.3 Å². The highest BCUT2D eigenvalue weighted by Gasteiger charge is 2.27. The Labute approximate surface area is 187 Å². The van der Waals surface area contributed by atoms with E-state index < -0.39 is 15.9 Å². The number of hydrogen-bond acceptors (Lipinski definition) is 4. The summed E-state index contributed by atoms with van der Waals surface area (Å²) >= 11 is 6.08. The van der Waals surface area contributed by atoms with Crippen LogP contribution in [0.4, 0.5) is 5.69 Å². The Balaban J connectivity index is 1.85. The molecular weight excluding hydrogens is 436 g/mol. The van der Waals surface area contributed by atoms with Crippen LogP contribution in [0.25, 0.3) is 0 Å². The number of benzene rings is 3. The van der Waals surface area contributed by atoms with Gasteiger partial charge in [-0.25, -0.2) is 8.42 Å². The topological polar surface area (TPSA) is 75.7 Å². The lowest BCUT2D eigenvalue weighted by Crippen LogP contribution is -2.40. The summed E-state index contributed by atoms with van der Waals surface area (Å²) in [4.78, 5) is 12.7. The first-order chi connectivity index (χ1) is 14.8. The predicted octanol–water partition coefficient (Wildman–Crippen LogP) is 4.17. The zero-order chi connectivity index (χ0) is 22.4. The molecule has 3 aromatic rings. The molecule has 6 nitrogen and oxygen atoms in total. The highest BCUT2D eigenvalue weighted by Crippen LogP contribution is 2.27. The van der Waals surface area contributed by atoms with Gasteiger partial charge in [0.1, 0.15) is 12.3 Å². The molecule has 0 radical (unpaired) electrons. The molecule has 0 unspecified atom stereocenters. The number of carbonyl (C=O) groups is 1. The quantitative estimate of drug-likeness (QED) is 0.549. The Morgan fingerprint density at radius 1 is 1.03 bits per heavy atom. The van der Waals surface area contributed by atoms with Crippen LogP contribution in [0.1, 0.15) is 11.1 Å². The summed E-state index contributed by atoms with van der Waals surface area (Å²) in [6, 6.07) is 20.1. The molecule has 8 heteroatoms. The van der Waals surface area contributed by atoms with Crippen molar-refractivity contribution in [1.29, 1.82) is 0 Å². The molecule has 0 atom stereocenters. The van der Waals surface area contributed by atoms with E-state index in [0.29, 0.717) is 23.0 Å². The van der Waals surface area contributed by atoms with Gasteiger partial charge in [-0.1, -0.05) is 47.5 Å². The van der Waals surface area contributed by atoms with Crippen LogP contribution in [0.15, 0.2) is 77.7 Å². The average Bonchev–Trinajstić information content (AvgIpc) is 2.77. The molecule has 0 aromatic heterocycles. The number of methoxy groups -OCH3 is 1. The van der Waals surface area contributed by atoms with E-state index in [2.05, 4.69) is 5.32 Å². The van der Waals surface area contributed by atoms with Crippen LogP contribution in [0, 0.1) is 6.92 Å². The largest absolute Gasteiger partial charge is 0.497 e. The maximum Gasteiger partial charge on any atom is 0.264 e. The lowest BCUT2D eigenvalue weighted by Gasteiger charge is -2.24. The third-order valence-electron chi connectivity index (χ3n) is 4.64. The average molecular weight is 459 g/mol. The van der Waals surface area contributed by atoms with Crippen molar-refractivity contribution >= 4 is 33.2 Å². The number of amides is 1. The fraction of sp³-hybridized carbons (Fsp3) is 0.174. The Morgan fingerprint density at radius 3 is 2.32 bits per heavy atom. The van der Waals surface area contributed by atoms with Crippen molar-refractivity contribution in [3.63, 3.8) is 0 Å². The molecule has 162 valence electrons. The second-order valence-electron chi connectivity index (χ2n) is 6.93. The first-order valence-corrected chi connectivity index (χ1v) is 11.4. The third kappa shape index (κ3) is 5.77. The van der Waals surface area contributed by atoms with E-state index in [1.807, 2.05) is 31.2 Å². The Morgan fingerprint density at radius 2 is 1.71 bits per heavy atom. The fourth-order valence-electron chi connectivity index (χ4n) is 2.91. The van der Waals surface area contributed by atoms with Crippen molar-refractivity contribution in [2.24, 2.45) is 0 Å².